The number of fused-ring (bicyclic) bond motifs is 1. The van der Waals surface area contributed by atoms with Crippen LogP contribution < -0.4 is 0 Å². The molecule has 0 bridgehead atoms. The summed E-state index contributed by atoms with van der Waals surface area (Å²) in [5.74, 6) is 1.91. The normalized spacial score (nSPS) is 23.5. The van der Waals surface area contributed by atoms with Crippen molar-refractivity contribution in [3.8, 4) is 0 Å². The summed E-state index contributed by atoms with van der Waals surface area (Å²) in [4.78, 5) is 35.5. The van der Waals surface area contributed by atoms with Crippen LogP contribution in [0.25, 0.3) is 0 Å². The Labute approximate surface area is 211 Å². The molecule has 180 valence electrons. The number of amides is 2. The standard InChI is InChI=1S/C28H34BrN3O2/c1-19-6-11-25(28(34)32-17-12-20-4-2-3-5-23(20)18-32)26(30-19)21-13-15-31(16-14-21)27(33)22-7-9-24(29)10-8-22/h6-11,20-21,23H,2-5,12-18H2,1H3/t20-,23+/m0/s1. The number of hydrogen-bond acceptors (Lipinski definition) is 3. The van der Waals surface area contributed by atoms with Gasteiger partial charge in [0, 0.05) is 47.8 Å². The van der Waals surface area contributed by atoms with Gasteiger partial charge in [-0.1, -0.05) is 35.2 Å². The minimum Gasteiger partial charge on any atom is -0.339 e. The zero-order chi connectivity index (χ0) is 23.7. The lowest BCUT2D eigenvalue weighted by molar-refractivity contribution is 0.0517. The van der Waals surface area contributed by atoms with Crippen molar-refractivity contribution in [1.29, 1.82) is 0 Å². The number of aromatic nitrogens is 1. The summed E-state index contributed by atoms with van der Waals surface area (Å²) >= 11 is 3.43. The van der Waals surface area contributed by atoms with Crippen molar-refractivity contribution in [3.05, 3.63) is 63.4 Å². The van der Waals surface area contributed by atoms with E-state index in [1.54, 1.807) is 0 Å². The van der Waals surface area contributed by atoms with Crippen LogP contribution in [-0.4, -0.2) is 52.8 Å². The lowest BCUT2D eigenvalue weighted by Crippen LogP contribution is -2.45. The number of pyridine rings is 1. The molecule has 34 heavy (non-hydrogen) atoms. The molecule has 2 aromatic rings. The summed E-state index contributed by atoms with van der Waals surface area (Å²) in [6.45, 7) is 5.15. The van der Waals surface area contributed by atoms with Gasteiger partial charge in [0.25, 0.3) is 11.8 Å². The second kappa shape index (κ2) is 10.2. The lowest BCUT2D eigenvalue weighted by atomic mass is 9.75. The van der Waals surface area contributed by atoms with Gasteiger partial charge in [-0.15, -0.1) is 0 Å². The van der Waals surface area contributed by atoms with Gasteiger partial charge in [0.1, 0.15) is 0 Å². The first-order valence-corrected chi connectivity index (χ1v) is 13.6. The Morgan fingerprint density at radius 2 is 1.50 bits per heavy atom. The molecule has 0 N–H and O–H groups in total. The quantitative estimate of drug-likeness (QED) is 0.508. The largest absolute Gasteiger partial charge is 0.339 e. The average Bonchev–Trinajstić information content (AvgIpc) is 2.88. The van der Waals surface area contributed by atoms with E-state index >= 15 is 0 Å². The van der Waals surface area contributed by atoms with Crippen molar-refractivity contribution in [2.24, 2.45) is 11.8 Å². The van der Waals surface area contributed by atoms with E-state index in [0.717, 1.165) is 65.3 Å². The number of carbonyl (C=O) groups is 2. The molecule has 2 atom stereocenters. The Morgan fingerprint density at radius 3 is 2.24 bits per heavy atom. The molecule has 3 heterocycles. The van der Waals surface area contributed by atoms with Crippen LogP contribution in [-0.2, 0) is 0 Å². The molecule has 1 aromatic carbocycles. The number of nitrogens with zero attached hydrogens (tertiary/aromatic N) is 3. The summed E-state index contributed by atoms with van der Waals surface area (Å²) in [5.41, 5.74) is 3.38. The highest BCUT2D eigenvalue weighted by molar-refractivity contribution is 9.10. The van der Waals surface area contributed by atoms with Crippen molar-refractivity contribution >= 4 is 27.7 Å². The monoisotopic (exact) mass is 523 g/mol. The van der Waals surface area contributed by atoms with Crippen LogP contribution in [0, 0.1) is 18.8 Å². The van der Waals surface area contributed by atoms with E-state index in [4.69, 9.17) is 4.98 Å². The fourth-order valence-electron chi connectivity index (χ4n) is 6.16. The predicted molar refractivity (Wildman–Crippen MR) is 137 cm³/mol. The molecule has 5 nitrogen and oxygen atoms in total. The van der Waals surface area contributed by atoms with Gasteiger partial charge in [-0.3, -0.25) is 14.6 Å². The first-order valence-electron chi connectivity index (χ1n) is 12.8. The number of likely N-dealkylation sites (tertiary alicyclic amines) is 2. The number of halogens is 1. The number of carbonyl (C=O) groups excluding carboxylic acids is 2. The van der Waals surface area contributed by atoms with Crippen LogP contribution in [0.3, 0.4) is 0 Å². The summed E-state index contributed by atoms with van der Waals surface area (Å²) in [6.07, 6.45) is 8.07. The molecule has 3 aliphatic rings. The molecule has 2 aliphatic heterocycles. The maximum atomic E-state index is 13.7. The van der Waals surface area contributed by atoms with E-state index in [-0.39, 0.29) is 17.7 Å². The maximum Gasteiger partial charge on any atom is 0.255 e. The Bertz CT molecular complexity index is 1050. The molecule has 0 radical (unpaired) electrons. The second-order valence-corrected chi connectivity index (χ2v) is 11.2. The third kappa shape index (κ3) is 4.93. The number of piperidine rings is 2. The van der Waals surface area contributed by atoms with Crippen LogP contribution in [0.15, 0.2) is 40.9 Å². The Kier molecular flexibility index (Phi) is 7.05. The zero-order valence-corrected chi connectivity index (χ0v) is 21.6. The smallest absolute Gasteiger partial charge is 0.255 e. The van der Waals surface area contributed by atoms with Gasteiger partial charge >= 0.3 is 0 Å². The highest BCUT2D eigenvalue weighted by Gasteiger charge is 2.35. The number of aryl methyl sites for hydroxylation is 1. The van der Waals surface area contributed by atoms with Gasteiger partial charge in [-0.2, -0.15) is 0 Å². The van der Waals surface area contributed by atoms with Crippen molar-refractivity contribution in [3.63, 3.8) is 0 Å². The maximum absolute atomic E-state index is 13.7. The molecule has 1 aliphatic carbocycles. The third-order valence-electron chi connectivity index (χ3n) is 8.13. The molecule has 6 heteroatoms. The SMILES string of the molecule is Cc1ccc(C(=O)N2CC[C@@H]3CCCC[C@@H]3C2)c(C2CCN(C(=O)c3ccc(Br)cc3)CC2)n1. The average molecular weight is 525 g/mol. The van der Waals surface area contributed by atoms with E-state index in [9.17, 15) is 9.59 Å². The summed E-state index contributed by atoms with van der Waals surface area (Å²) < 4.78 is 0.971. The topological polar surface area (TPSA) is 53.5 Å². The molecule has 0 unspecified atom stereocenters. The van der Waals surface area contributed by atoms with Crippen LogP contribution >= 0.6 is 15.9 Å². The van der Waals surface area contributed by atoms with Crippen LogP contribution in [0.1, 0.15) is 83.0 Å². The Balaban J connectivity index is 1.28. The number of rotatable bonds is 3. The first kappa shape index (κ1) is 23.5. The van der Waals surface area contributed by atoms with Gasteiger partial charge in [0.2, 0.25) is 0 Å². The van der Waals surface area contributed by atoms with Gasteiger partial charge in [0.15, 0.2) is 0 Å². The van der Waals surface area contributed by atoms with E-state index in [0.29, 0.717) is 19.0 Å². The molecule has 1 saturated carbocycles. The molecular formula is C28H34BrN3O2. The second-order valence-electron chi connectivity index (χ2n) is 10.3. The summed E-state index contributed by atoms with van der Waals surface area (Å²) in [7, 11) is 0. The van der Waals surface area contributed by atoms with Crippen molar-refractivity contribution in [1.82, 2.24) is 14.8 Å². The lowest BCUT2D eigenvalue weighted by Gasteiger charge is -2.41. The summed E-state index contributed by atoms with van der Waals surface area (Å²) in [5, 5.41) is 0. The van der Waals surface area contributed by atoms with Gasteiger partial charge < -0.3 is 9.80 Å². The molecule has 1 aromatic heterocycles. The van der Waals surface area contributed by atoms with Crippen LogP contribution in [0.4, 0.5) is 0 Å². The van der Waals surface area contributed by atoms with Crippen LogP contribution in [0.2, 0.25) is 0 Å². The number of benzene rings is 1. The molecule has 3 fully saturated rings. The van der Waals surface area contributed by atoms with E-state index in [1.807, 2.05) is 48.2 Å². The summed E-state index contributed by atoms with van der Waals surface area (Å²) in [6, 6.07) is 11.5. The van der Waals surface area contributed by atoms with Gasteiger partial charge in [0.05, 0.1) is 11.3 Å². The minimum absolute atomic E-state index is 0.0785. The fourth-order valence-corrected chi connectivity index (χ4v) is 6.42. The zero-order valence-electron chi connectivity index (χ0n) is 20.0. The molecule has 5 rings (SSSR count). The van der Waals surface area contributed by atoms with Crippen molar-refractivity contribution in [2.75, 3.05) is 26.2 Å². The predicted octanol–water partition coefficient (Wildman–Crippen LogP) is 5.82. The highest BCUT2D eigenvalue weighted by Crippen LogP contribution is 2.37. The molecule has 0 spiro atoms. The minimum atomic E-state index is 0.0785. The van der Waals surface area contributed by atoms with E-state index in [2.05, 4.69) is 20.8 Å². The number of hydrogen-bond donors (Lipinski definition) is 0. The molecule has 2 saturated heterocycles. The molecule has 2 amide bonds. The Hall–Kier alpha value is -2.21. The van der Waals surface area contributed by atoms with Gasteiger partial charge in [-0.25, -0.2) is 0 Å². The molecular weight excluding hydrogens is 490 g/mol. The van der Waals surface area contributed by atoms with Crippen LogP contribution in [0.5, 0.6) is 0 Å². The third-order valence-corrected chi connectivity index (χ3v) is 8.66. The van der Waals surface area contributed by atoms with E-state index < -0.39 is 0 Å². The highest BCUT2D eigenvalue weighted by atomic mass is 79.9. The Morgan fingerprint density at radius 1 is 0.824 bits per heavy atom. The fraction of sp³-hybridized carbons (Fsp3) is 0.536. The van der Waals surface area contributed by atoms with Crippen molar-refractivity contribution in [2.45, 2.75) is 57.8 Å². The van der Waals surface area contributed by atoms with E-state index in [1.165, 1.54) is 25.7 Å². The van der Waals surface area contributed by atoms with Crippen molar-refractivity contribution < 1.29 is 9.59 Å². The first-order chi connectivity index (χ1) is 16.5. The van der Waals surface area contributed by atoms with Gasteiger partial charge in [-0.05, 0) is 80.8 Å².